The Bertz CT molecular complexity index is 1630. The van der Waals surface area contributed by atoms with Gasteiger partial charge in [-0.25, -0.2) is 9.97 Å². The Kier molecular flexibility index (Phi) is 8.60. The van der Waals surface area contributed by atoms with Gasteiger partial charge in [-0.2, -0.15) is 0 Å². The summed E-state index contributed by atoms with van der Waals surface area (Å²) in [7, 11) is 0. The van der Waals surface area contributed by atoms with E-state index in [1.165, 1.54) is 38.9 Å². The third-order valence-corrected chi connectivity index (χ3v) is 11.1. The Morgan fingerprint density at radius 3 is 2.34 bits per heavy atom. The summed E-state index contributed by atoms with van der Waals surface area (Å²) in [5.41, 5.74) is 11.7. The van der Waals surface area contributed by atoms with Crippen LogP contribution < -0.4 is 11.1 Å². The van der Waals surface area contributed by atoms with Crippen molar-refractivity contribution >= 4 is 56.8 Å². The van der Waals surface area contributed by atoms with Crippen molar-refractivity contribution in [3.05, 3.63) is 118 Å². The summed E-state index contributed by atoms with van der Waals surface area (Å²) in [6, 6.07) is 31.8. The largest absolute Gasteiger partial charge is 0.383 e. The van der Waals surface area contributed by atoms with E-state index in [1.54, 1.807) is 11.3 Å². The van der Waals surface area contributed by atoms with Crippen molar-refractivity contribution in [1.29, 1.82) is 0 Å². The highest BCUT2D eigenvalue weighted by atomic mass is 32.2. The highest BCUT2D eigenvalue weighted by Gasteiger charge is 2.34. The van der Waals surface area contributed by atoms with Gasteiger partial charge in [0.15, 0.2) is 5.16 Å². The molecule has 0 fully saturated rings. The third-order valence-electron chi connectivity index (χ3n) is 7.34. The van der Waals surface area contributed by atoms with E-state index in [1.807, 2.05) is 36.9 Å². The number of aromatic nitrogens is 2. The molecule has 0 spiro atoms. The number of nitrogen functional groups attached to an aromatic ring is 1. The van der Waals surface area contributed by atoms with E-state index in [-0.39, 0.29) is 23.0 Å². The summed E-state index contributed by atoms with van der Waals surface area (Å²) in [6.45, 7) is 2.05. The van der Waals surface area contributed by atoms with Crippen LogP contribution in [-0.4, -0.2) is 27.7 Å². The summed E-state index contributed by atoms with van der Waals surface area (Å²) < 4.78 is 0. The number of rotatable bonds is 9. The molecule has 0 unspecified atom stereocenters. The van der Waals surface area contributed by atoms with E-state index in [0.29, 0.717) is 16.2 Å². The minimum absolute atomic E-state index is 0.0189. The van der Waals surface area contributed by atoms with Crippen molar-refractivity contribution in [1.82, 2.24) is 15.3 Å². The molecule has 0 bridgehead atoms. The van der Waals surface area contributed by atoms with Gasteiger partial charge in [-0.15, -0.1) is 23.1 Å². The fourth-order valence-electron chi connectivity index (χ4n) is 5.29. The van der Waals surface area contributed by atoms with Crippen molar-refractivity contribution in [2.24, 2.45) is 0 Å². The number of nitrogens with zero attached hydrogens (tertiary/aromatic N) is 2. The van der Waals surface area contributed by atoms with E-state index in [2.05, 4.69) is 83.1 Å². The summed E-state index contributed by atoms with van der Waals surface area (Å²) in [6.07, 6.45) is 2.71. The molecule has 5 aromatic rings. The molecular formula is C33H32N4OS3. The number of nitrogens with one attached hydrogen (secondary N) is 1. The molecule has 0 saturated carbocycles. The van der Waals surface area contributed by atoms with Gasteiger partial charge in [-0.1, -0.05) is 103 Å². The standard InChI is InChI=1S/C33H32N4OS3/c1-21(17-18-22-11-5-2-6-12-22)35-27(38)20-39-33-36-31(34)28-25-19-26(23-13-7-3-8-14-23)40-29(24-15-9-4-10-16-24)30(25)41-32(28)37-33/h2-16,21,26,29H,17-20H2,1H3,(H,35,38)(H2,34,36,37)/t21-,26-,29+/m1/s1. The zero-order valence-electron chi connectivity index (χ0n) is 22.8. The number of fused-ring (bicyclic) bond motifs is 3. The van der Waals surface area contributed by atoms with Gasteiger partial charge in [0.1, 0.15) is 10.6 Å². The first-order valence-corrected chi connectivity index (χ1v) is 16.6. The number of amides is 1. The molecule has 0 saturated heterocycles. The van der Waals surface area contributed by atoms with Crippen LogP contribution in [0.5, 0.6) is 0 Å². The Morgan fingerprint density at radius 1 is 0.976 bits per heavy atom. The first-order valence-electron chi connectivity index (χ1n) is 13.9. The minimum Gasteiger partial charge on any atom is -0.383 e. The van der Waals surface area contributed by atoms with Gasteiger partial charge in [0.2, 0.25) is 5.91 Å². The van der Waals surface area contributed by atoms with Crippen molar-refractivity contribution in [3.63, 3.8) is 0 Å². The molecule has 0 radical (unpaired) electrons. The van der Waals surface area contributed by atoms with Crippen molar-refractivity contribution in [3.8, 4) is 0 Å². The van der Waals surface area contributed by atoms with Crippen LogP contribution in [0.2, 0.25) is 0 Å². The molecule has 41 heavy (non-hydrogen) atoms. The summed E-state index contributed by atoms with van der Waals surface area (Å²) in [5, 5.41) is 5.13. The van der Waals surface area contributed by atoms with Crippen LogP contribution in [0.3, 0.4) is 0 Å². The van der Waals surface area contributed by atoms with Crippen LogP contribution in [0.1, 0.15) is 51.0 Å². The van der Waals surface area contributed by atoms with Crippen LogP contribution in [-0.2, 0) is 17.6 Å². The maximum atomic E-state index is 12.7. The minimum atomic E-state index is -0.0189. The van der Waals surface area contributed by atoms with Crippen LogP contribution in [0.15, 0.2) is 96.2 Å². The van der Waals surface area contributed by atoms with Crippen LogP contribution in [0, 0.1) is 0 Å². The third kappa shape index (κ3) is 6.45. The number of hydrogen-bond acceptors (Lipinski definition) is 7. The molecule has 3 heterocycles. The second kappa shape index (κ2) is 12.7. The Balaban J connectivity index is 1.20. The molecule has 5 nitrogen and oxygen atoms in total. The van der Waals surface area contributed by atoms with E-state index < -0.39 is 0 Å². The summed E-state index contributed by atoms with van der Waals surface area (Å²) in [5.74, 6) is 0.733. The average Bonchev–Trinajstić information content (AvgIpc) is 3.39. The predicted octanol–water partition coefficient (Wildman–Crippen LogP) is 7.62. The van der Waals surface area contributed by atoms with Gasteiger partial charge < -0.3 is 11.1 Å². The summed E-state index contributed by atoms with van der Waals surface area (Å²) >= 11 is 5.04. The molecule has 6 rings (SSSR count). The Labute approximate surface area is 253 Å². The second-order valence-electron chi connectivity index (χ2n) is 10.3. The molecular weight excluding hydrogens is 565 g/mol. The Hall–Kier alpha value is -3.33. The quantitative estimate of drug-likeness (QED) is 0.135. The van der Waals surface area contributed by atoms with Crippen molar-refractivity contribution in [2.75, 3.05) is 11.5 Å². The zero-order chi connectivity index (χ0) is 28.2. The molecule has 1 aliphatic heterocycles. The molecule has 208 valence electrons. The molecule has 2 aromatic heterocycles. The maximum Gasteiger partial charge on any atom is 0.230 e. The highest BCUT2D eigenvalue weighted by molar-refractivity contribution is 8.00. The van der Waals surface area contributed by atoms with Gasteiger partial charge in [0, 0.05) is 16.2 Å². The van der Waals surface area contributed by atoms with Gasteiger partial charge >= 0.3 is 0 Å². The zero-order valence-corrected chi connectivity index (χ0v) is 25.3. The lowest BCUT2D eigenvalue weighted by Crippen LogP contribution is -2.34. The average molecular weight is 597 g/mol. The SMILES string of the molecule is C[C@H](CCc1ccccc1)NC(=O)CSc1nc(N)c2c3c(sc2n1)[C@H](c1ccccc1)S[C@@H](c1ccccc1)C3. The molecule has 3 aromatic carbocycles. The molecule has 1 amide bonds. The number of hydrogen-bond donors (Lipinski definition) is 2. The summed E-state index contributed by atoms with van der Waals surface area (Å²) in [4.78, 5) is 24.4. The molecule has 8 heteroatoms. The maximum absolute atomic E-state index is 12.7. The molecule has 0 aliphatic carbocycles. The Morgan fingerprint density at radius 2 is 1.63 bits per heavy atom. The van der Waals surface area contributed by atoms with Gasteiger partial charge in [-0.3, -0.25) is 4.79 Å². The van der Waals surface area contributed by atoms with E-state index in [0.717, 1.165) is 29.5 Å². The number of anilines is 1. The van der Waals surface area contributed by atoms with Crippen LogP contribution in [0.4, 0.5) is 5.82 Å². The second-order valence-corrected chi connectivity index (χ2v) is 13.6. The van der Waals surface area contributed by atoms with E-state index >= 15 is 0 Å². The normalized spacial score (nSPS) is 17.2. The van der Waals surface area contributed by atoms with Gasteiger partial charge in [-0.05, 0) is 48.4 Å². The fraction of sp³-hybridized carbons (Fsp3) is 0.242. The van der Waals surface area contributed by atoms with E-state index in [4.69, 9.17) is 10.7 Å². The molecule has 1 aliphatic rings. The number of thioether (sulfide) groups is 2. The number of aryl methyl sites for hydroxylation is 1. The van der Waals surface area contributed by atoms with E-state index in [9.17, 15) is 4.79 Å². The lowest BCUT2D eigenvalue weighted by atomic mass is 9.98. The van der Waals surface area contributed by atoms with Crippen LogP contribution in [0.25, 0.3) is 10.2 Å². The van der Waals surface area contributed by atoms with Gasteiger partial charge in [0.05, 0.1) is 16.4 Å². The number of carbonyl (C=O) groups excluding carboxylic acids is 1. The topological polar surface area (TPSA) is 80.9 Å². The smallest absolute Gasteiger partial charge is 0.230 e. The first kappa shape index (κ1) is 27.8. The number of carbonyl (C=O) groups is 1. The highest BCUT2D eigenvalue weighted by Crippen LogP contribution is 2.55. The van der Waals surface area contributed by atoms with Gasteiger partial charge in [0.25, 0.3) is 0 Å². The molecule has 3 N–H and O–H groups in total. The lowest BCUT2D eigenvalue weighted by Gasteiger charge is -2.30. The van der Waals surface area contributed by atoms with Crippen molar-refractivity contribution < 1.29 is 4.79 Å². The number of thiophene rings is 1. The monoisotopic (exact) mass is 596 g/mol. The lowest BCUT2D eigenvalue weighted by molar-refractivity contribution is -0.119. The van der Waals surface area contributed by atoms with Crippen LogP contribution >= 0.6 is 34.9 Å². The molecule has 3 atom stereocenters. The first-order chi connectivity index (χ1) is 20.0. The number of benzene rings is 3. The predicted molar refractivity (Wildman–Crippen MR) is 174 cm³/mol. The van der Waals surface area contributed by atoms with Crippen molar-refractivity contribution in [2.45, 2.75) is 47.9 Å². The number of nitrogens with two attached hydrogens (primary N) is 1. The fourth-order valence-corrected chi connectivity index (χ4v) is 9.03.